The topological polar surface area (TPSA) is 30.5 Å². The fraction of sp³-hybridized carbons (Fsp3) is 0.455. The first kappa shape index (κ1) is 10.6. The summed E-state index contributed by atoms with van der Waals surface area (Å²) in [5.74, 6) is 0.740. The number of rotatable bonds is 2. The van der Waals surface area contributed by atoms with Crippen LogP contribution in [-0.4, -0.2) is 12.8 Å². The number of benzene rings is 1. The van der Waals surface area contributed by atoms with Gasteiger partial charge in [0.2, 0.25) is 5.79 Å². The van der Waals surface area contributed by atoms with Crippen molar-refractivity contribution in [2.75, 3.05) is 7.05 Å². The third kappa shape index (κ3) is 2.03. The van der Waals surface area contributed by atoms with Crippen LogP contribution in [-0.2, 0) is 6.54 Å². The second-order valence-electron chi connectivity index (χ2n) is 4.04. The Hall–Kier alpha value is -0.930. The maximum atomic E-state index is 6.11. The summed E-state index contributed by atoms with van der Waals surface area (Å²) < 4.78 is 11.2. The van der Waals surface area contributed by atoms with Gasteiger partial charge in [-0.05, 0) is 24.7 Å². The average molecular weight is 228 g/mol. The van der Waals surface area contributed by atoms with Crippen molar-refractivity contribution >= 4 is 11.6 Å². The molecule has 1 N–H and O–H groups in total. The van der Waals surface area contributed by atoms with Crippen LogP contribution in [0.25, 0.3) is 0 Å². The molecule has 0 amide bonds. The SMILES string of the molecule is CNCc1cc(Cl)c2c(c1)OC(C)(C)O2. The van der Waals surface area contributed by atoms with Crippen molar-refractivity contribution in [1.82, 2.24) is 5.32 Å². The molecule has 1 aliphatic heterocycles. The van der Waals surface area contributed by atoms with E-state index in [0.717, 1.165) is 17.9 Å². The molecule has 0 saturated carbocycles. The molecule has 1 heterocycles. The van der Waals surface area contributed by atoms with Gasteiger partial charge in [0.15, 0.2) is 11.5 Å². The second kappa shape index (κ2) is 3.58. The van der Waals surface area contributed by atoms with Crippen molar-refractivity contribution in [3.8, 4) is 11.5 Å². The number of hydrogen-bond donors (Lipinski definition) is 1. The third-order valence-electron chi connectivity index (χ3n) is 2.15. The summed E-state index contributed by atoms with van der Waals surface area (Å²) in [5.41, 5.74) is 1.09. The lowest BCUT2D eigenvalue weighted by molar-refractivity contribution is -0.0431. The summed E-state index contributed by atoms with van der Waals surface area (Å²) in [6.45, 7) is 4.49. The van der Waals surface area contributed by atoms with E-state index in [-0.39, 0.29) is 0 Å². The highest BCUT2D eigenvalue weighted by atomic mass is 35.5. The summed E-state index contributed by atoms with van der Waals surface area (Å²) in [7, 11) is 1.89. The first-order valence-electron chi connectivity index (χ1n) is 4.87. The zero-order valence-corrected chi connectivity index (χ0v) is 9.81. The molecule has 1 aromatic carbocycles. The Labute approximate surface area is 94.3 Å². The van der Waals surface area contributed by atoms with E-state index in [2.05, 4.69) is 5.32 Å². The largest absolute Gasteiger partial charge is 0.449 e. The predicted octanol–water partition coefficient (Wildman–Crippen LogP) is 2.57. The molecule has 1 aromatic rings. The van der Waals surface area contributed by atoms with Gasteiger partial charge in [0, 0.05) is 20.4 Å². The van der Waals surface area contributed by atoms with Crippen LogP contribution in [0, 0.1) is 0 Å². The minimum atomic E-state index is -0.621. The van der Waals surface area contributed by atoms with E-state index in [1.807, 2.05) is 33.0 Å². The first-order chi connectivity index (χ1) is 7.02. The molecule has 0 radical (unpaired) electrons. The van der Waals surface area contributed by atoms with E-state index in [0.29, 0.717) is 10.8 Å². The maximum Gasteiger partial charge on any atom is 0.246 e. The molecular formula is C11H14ClNO2. The molecule has 0 fully saturated rings. The van der Waals surface area contributed by atoms with Crippen molar-refractivity contribution in [2.45, 2.75) is 26.2 Å². The van der Waals surface area contributed by atoms with Gasteiger partial charge >= 0.3 is 0 Å². The van der Waals surface area contributed by atoms with E-state index in [1.165, 1.54) is 0 Å². The molecule has 0 atom stereocenters. The monoisotopic (exact) mass is 227 g/mol. The molecule has 0 spiro atoms. The van der Waals surface area contributed by atoms with E-state index in [4.69, 9.17) is 21.1 Å². The number of halogens is 1. The highest BCUT2D eigenvalue weighted by molar-refractivity contribution is 6.32. The first-order valence-corrected chi connectivity index (χ1v) is 5.25. The summed E-state index contributed by atoms with van der Waals surface area (Å²) in [6.07, 6.45) is 0. The standard InChI is InChI=1S/C11H14ClNO2/c1-11(2)14-9-5-7(6-13-3)4-8(12)10(9)15-11/h4-5,13H,6H2,1-3H3. The zero-order valence-electron chi connectivity index (χ0n) is 9.06. The Kier molecular flexibility index (Phi) is 2.52. The van der Waals surface area contributed by atoms with Crippen LogP contribution < -0.4 is 14.8 Å². The Morgan fingerprint density at radius 2 is 2.07 bits per heavy atom. The Bertz CT molecular complexity index is 390. The lowest BCUT2D eigenvalue weighted by Crippen LogP contribution is -2.29. The lowest BCUT2D eigenvalue weighted by atomic mass is 10.2. The summed E-state index contributed by atoms with van der Waals surface area (Å²) in [5, 5.41) is 3.67. The number of fused-ring (bicyclic) bond motifs is 1. The predicted molar refractivity (Wildman–Crippen MR) is 59.6 cm³/mol. The molecule has 0 unspecified atom stereocenters. The van der Waals surface area contributed by atoms with Gasteiger partial charge in [0.05, 0.1) is 5.02 Å². The normalized spacial score (nSPS) is 16.8. The molecule has 0 aromatic heterocycles. The number of nitrogens with one attached hydrogen (secondary N) is 1. The Balaban J connectivity index is 2.38. The van der Waals surface area contributed by atoms with Crippen molar-refractivity contribution in [1.29, 1.82) is 0 Å². The Morgan fingerprint density at radius 3 is 2.73 bits per heavy atom. The van der Waals surface area contributed by atoms with E-state index >= 15 is 0 Å². The van der Waals surface area contributed by atoms with Gasteiger partial charge in [-0.15, -0.1) is 0 Å². The molecule has 15 heavy (non-hydrogen) atoms. The molecule has 82 valence electrons. The van der Waals surface area contributed by atoms with Gasteiger partial charge in [-0.2, -0.15) is 0 Å². The van der Waals surface area contributed by atoms with Crippen molar-refractivity contribution in [3.63, 3.8) is 0 Å². The van der Waals surface area contributed by atoms with Gasteiger partial charge in [-0.1, -0.05) is 11.6 Å². The average Bonchev–Trinajstić information content (AvgIpc) is 2.41. The van der Waals surface area contributed by atoms with Crippen molar-refractivity contribution in [3.05, 3.63) is 22.7 Å². The minimum Gasteiger partial charge on any atom is -0.449 e. The molecule has 1 aliphatic rings. The van der Waals surface area contributed by atoms with Crippen LogP contribution in [0.4, 0.5) is 0 Å². The second-order valence-corrected chi connectivity index (χ2v) is 4.45. The van der Waals surface area contributed by atoms with Crippen LogP contribution in [0.3, 0.4) is 0 Å². The Morgan fingerprint density at radius 1 is 1.33 bits per heavy atom. The van der Waals surface area contributed by atoms with E-state index in [9.17, 15) is 0 Å². The van der Waals surface area contributed by atoms with Crippen LogP contribution in [0.1, 0.15) is 19.4 Å². The third-order valence-corrected chi connectivity index (χ3v) is 2.43. The van der Waals surface area contributed by atoms with Gasteiger partial charge in [0.25, 0.3) is 0 Å². The highest BCUT2D eigenvalue weighted by Gasteiger charge is 2.33. The van der Waals surface area contributed by atoms with Gasteiger partial charge < -0.3 is 14.8 Å². The fourth-order valence-corrected chi connectivity index (χ4v) is 1.91. The molecular weight excluding hydrogens is 214 g/mol. The van der Waals surface area contributed by atoms with Crippen LogP contribution in [0.5, 0.6) is 11.5 Å². The zero-order chi connectivity index (χ0) is 11.1. The van der Waals surface area contributed by atoms with Crippen LogP contribution >= 0.6 is 11.6 Å². The summed E-state index contributed by atoms with van der Waals surface area (Å²) >= 11 is 6.11. The smallest absolute Gasteiger partial charge is 0.246 e. The minimum absolute atomic E-state index is 0.600. The van der Waals surface area contributed by atoms with Gasteiger partial charge in [-0.25, -0.2) is 0 Å². The van der Waals surface area contributed by atoms with Crippen molar-refractivity contribution in [2.24, 2.45) is 0 Å². The molecule has 0 aliphatic carbocycles. The van der Waals surface area contributed by atoms with Gasteiger partial charge in [-0.3, -0.25) is 0 Å². The molecule has 4 heteroatoms. The molecule has 2 rings (SSSR count). The fourth-order valence-electron chi connectivity index (χ4n) is 1.63. The summed E-state index contributed by atoms with van der Waals surface area (Å²) in [6, 6.07) is 3.84. The van der Waals surface area contributed by atoms with E-state index < -0.39 is 5.79 Å². The summed E-state index contributed by atoms with van der Waals surface area (Å²) in [4.78, 5) is 0. The maximum absolute atomic E-state index is 6.11. The molecule has 0 bridgehead atoms. The number of ether oxygens (including phenoxy) is 2. The number of hydrogen-bond acceptors (Lipinski definition) is 3. The lowest BCUT2D eigenvalue weighted by Gasteiger charge is -2.16. The van der Waals surface area contributed by atoms with E-state index in [1.54, 1.807) is 0 Å². The van der Waals surface area contributed by atoms with Crippen molar-refractivity contribution < 1.29 is 9.47 Å². The van der Waals surface area contributed by atoms with Crippen LogP contribution in [0.2, 0.25) is 5.02 Å². The van der Waals surface area contributed by atoms with Gasteiger partial charge in [0.1, 0.15) is 0 Å². The molecule has 0 saturated heterocycles. The highest BCUT2D eigenvalue weighted by Crippen LogP contribution is 2.44. The molecule has 3 nitrogen and oxygen atoms in total. The quantitative estimate of drug-likeness (QED) is 0.843. The van der Waals surface area contributed by atoms with Crippen LogP contribution in [0.15, 0.2) is 12.1 Å².